The molecule has 0 bridgehead atoms. The first kappa shape index (κ1) is 12.1. The molecule has 2 rings (SSSR count). The molecule has 0 saturated carbocycles. The van der Waals surface area contributed by atoms with Gasteiger partial charge in [-0.05, 0) is 18.2 Å². The number of nitrogens with two attached hydrogens (primary N) is 1. The van der Waals surface area contributed by atoms with E-state index in [4.69, 9.17) is 10.8 Å². The third-order valence-corrected chi connectivity index (χ3v) is 3.99. The molecule has 5 heteroatoms. The number of anilines is 2. The maximum atomic E-state index is 10.8. The van der Waals surface area contributed by atoms with Crippen LogP contribution in [0.25, 0.3) is 0 Å². The molecule has 1 atom stereocenters. The highest BCUT2D eigenvalue weighted by Crippen LogP contribution is 2.29. The average Bonchev–Trinajstić information content (AvgIpc) is 2.28. The van der Waals surface area contributed by atoms with Crippen LogP contribution in [0.3, 0.4) is 0 Å². The number of thioether (sulfide) groups is 1. The Kier molecular flexibility index (Phi) is 3.47. The second-order valence-electron chi connectivity index (χ2n) is 4.21. The van der Waals surface area contributed by atoms with E-state index in [1.54, 1.807) is 6.07 Å². The molecular formula is C12H16N2O2S. The second-order valence-corrected chi connectivity index (χ2v) is 5.75. The van der Waals surface area contributed by atoms with Crippen LogP contribution in [0, 0.1) is 0 Å². The SMILES string of the molecule is CC1CN(c2ccc(C(=O)O)cc2N)CCS1. The number of rotatable bonds is 2. The van der Waals surface area contributed by atoms with E-state index in [-0.39, 0.29) is 5.56 Å². The summed E-state index contributed by atoms with van der Waals surface area (Å²) in [5.41, 5.74) is 7.66. The van der Waals surface area contributed by atoms with Crippen LogP contribution < -0.4 is 10.6 Å². The lowest BCUT2D eigenvalue weighted by Crippen LogP contribution is -2.37. The minimum atomic E-state index is -0.939. The lowest BCUT2D eigenvalue weighted by molar-refractivity contribution is 0.0697. The van der Waals surface area contributed by atoms with Gasteiger partial charge >= 0.3 is 5.97 Å². The fourth-order valence-corrected chi connectivity index (χ4v) is 3.03. The topological polar surface area (TPSA) is 66.6 Å². The predicted octanol–water partition coefficient (Wildman–Crippen LogP) is 1.91. The molecule has 1 heterocycles. The summed E-state index contributed by atoms with van der Waals surface area (Å²) in [6.45, 7) is 4.12. The first-order chi connectivity index (χ1) is 8.08. The van der Waals surface area contributed by atoms with Crippen LogP contribution in [0.1, 0.15) is 17.3 Å². The summed E-state index contributed by atoms with van der Waals surface area (Å²) in [5, 5.41) is 9.47. The molecule has 1 aromatic carbocycles. The lowest BCUT2D eigenvalue weighted by Gasteiger charge is -2.33. The smallest absolute Gasteiger partial charge is 0.335 e. The Labute approximate surface area is 105 Å². The Bertz CT molecular complexity index is 437. The average molecular weight is 252 g/mol. The molecule has 0 radical (unpaired) electrons. The summed E-state index contributed by atoms with van der Waals surface area (Å²) < 4.78 is 0. The number of hydrogen-bond acceptors (Lipinski definition) is 4. The number of hydrogen-bond donors (Lipinski definition) is 2. The van der Waals surface area contributed by atoms with Crippen LogP contribution in [-0.2, 0) is 0 Å². The molecule has 1 aromatic rings. The van der Waals surface area contributed by atoms with Crippen molar-refractivity contribution in [1.82, 2.24) is 0 Å². The molecule has 92 valence electrons. The van der Waals surface area contributed by atoms with Crippen molar-refractivity contribution in [1.29, 1.82) is 0 Å². The summed E-state index contributed by atoms with van der Waals surface area (Å²) >= 11 is 1.95. The number of carbonyl (C=O) groups is 1. The fourth-order valence-electron chi connectivity index (χ4n) is 2.01. The standard InChI is InChI=1S/C12H16N2O2S/c1-8-7-14(4-5-17-8)11-3-2-9(12(15)16)6-10(11)13/h2-3,6,8H,4-5,7,13H2,1H3,(H,15,16). The fraction of sp³-hybridized carbons (Fsp3) is 0.417. The van der Waals surface area contributed by atoms with E-state index < -0.39 is 5.97 Å². The van der Waals surface area contributed by atoms with Crippen molar-refractivity contribution < 1.29 is 9.90 Å². The van der Waals surface area contributed by atoms with Gasteiger partial charge in [-0.1, -0.05) is 6.92 Å². The van der Waals surface area contributed by atoms with E-state index >= 15 is 0 Å². The van der Waals surface area contributed by atoms with Crippen LogP contribution in [0.2, 0.25) is 0 Å². The van der Waals surface area contributed by atoms with E-state index in [9.17, 15) is 4.79 Å². The van der Waals surface area contributed by atoms with Crippen molar-refractivity contribution in [3.63, 3.8) is 0 Å². The predicted molar refractivity (Wildman–Crippen MR) is 71.9 cm³/mol. The van der Waals surface area contributed by atoms with E-state index in [1.807, 2.05) is 17.8 Å². The van der Waals surface area contributed by atoms with E-state index in [0.29, 0.717) is 10.9 Å². The van der Waals surface area contributed by atoms with Gasteiger partial charge in [-0.3, -0.25) is 0 Å². The first-order valence-electron chi connectivity index (χ1n) is 5.57. The van der Waals surface area contributed by atoms with Gasteiger partial charge < -0.3 is 15.7 Å². The van der Waals surface area contributed by atoms with E-state index in [1.165, 1.54) is 6.07 Å². The van der Waals surface area contributed by atoms with Crippen molar-refractivity contribution in [2.75, 3.05) is 29.5 Å². The molecule has 0 aromatic heterocycles. The van der Waals surface area contributed by atoms with Crippen LogP contribution in [-0.4, -0.2) is 35.2 Å². The van der Waals surface area contributed by atoms with E-state index in [2.05, 4.69) is 11.8 Å². The molecule has 0 amide bonds. The van der Waals surface area contributed by atoms with Gasteiger partial charge in [-0.2, -0.15) is 11.8 Å². The summed E-state index contributed by atoms with van der Waals surface area (Å²) in [7, 11) is 0. The van der Waals surface area contributed by atoms with Crippen LogP contribution in [0.5, 0.6) is 0 Å². The van der Waals surface area contributed by atoms with Gasteiger partial charge in [0.25, 0.3) is 0 Å². The molecule has 17 heavy (non-hydrogen) atoms. The molecule has 1 aliphatic rings. The molecule has 0 spiro atoms. The maximum absolute atomic E-state index is 10.8. The highest BCUT2D eigenvalue weighted by atomic mass is 32.2. The Morgan fingerprint density at radius 1 is 1.59 bits per heavy atom. The van der Waals surface area contributed by atoms with E-state index in [0.717, 1.165) is 24.5 Å². The highest BCUT2D eigenvalue weighted by Gasteiger charge is 2.19. The van der Waals surface area contributed by atoms with Crippen molar-refractivity contribution in [2.24, 2.45) is 0 Å². The zero-order valence-corrected chi connectivity index (χ0v) is 10.5. The van der Waals surface area contributed by atoms with Crippen molar-refractivity contribution >= 4 is 29.1 Å². The van der Waals surface area contributed by atoms with Crippen LogP contribution in [0.15, 0.2) is 18.2 Å². The Hall–Kier alpha value is -1.36. The minimum Gasteiger partial charge on any atom is -0.478 e. The quantitative estimate of drug-likeness (QED) is 0.787. The second kappa shape index (κ2) is 4.87. The minimum absolute atomic E-state index is 0.241. The Morgan fingerprint density at radius 3 is 2.94 bits per heavy atom. The molecular weight excluding hydrogens is 236 g/mol. The molecule has 4 nitrogen and oxygen atoms in total. The molecule has 1 unspecified atom stereocenters. The maximum Gasteiger partial charge on any atom is 0.335 e. The summed E-state index contributed by atoms with van der Waals surface area (Å²) in [6, 6.07) is 4.95. The van der Waals surface area contributed by atoms with Crippen molar-refractivity contribution in [3.05, 3.63) is 23.8 Å². The lowest BCUT2D eigenvalue weighted by atomic mass is 10.1. The number of aromatic carboxylic acids is 1. The van der Waals surface area contributed by atoms with Gasteiger partial charge in [0.2, 0.25) is 0 Å². The number of carboxylic acid groups (broad SMARTS) is 1. The molecule has 3 N–H and O–H groups in total. The summed E-state index contributed by atoms with van der Waals surface area (Å²) in [4.78, 5) is 13.0. The Balaban J connectivity index is 2.23. The summed E-state index contributed by atoms with van der Waals surface area (Å²) in [6.07, 6.45) is 0. The zero-order valence-electron chi connectivity index (χ0n) is 9.72. The largest absolute Gasteiger partial charge is 0.478 e. The molecule has 0 aliphatic carbocycles. The summed E-state index contributed by atoms with van der Waals surface area (Å²) in [5.74, 6) is 0.146. The highest BCUT2D eigenvalue weighted by molar-refractivity contribution is 8.00. The van der Waals surface area contributed by atoms with Gasteiger partial charge in [-0.25, -0.2) is 4.79 Å². The van der Waals surface area contributed by atoms with Gasteiger partial charge in [0.1, 0.15) is 0 Å². The molecule has 1 aliphatic heterocycles. The Morgan fingerprint density at radius 2 is 2.35 bits per heavy atom. The van der Waals surface area contributed by atoms with Gasteiger partial charge in [-0.15, -0.1) is 0 Å². The number of nitrogens with zero attached hydrogens (tertiary/aromatic N) is 1. The zero-order chi connectivity index (χ0) is 12.4. The van der Waals surface area contributed by atoms with Gasteiger partial charge in [0.05, 0.1) is 16.9 Å². The first-order valence-corrected chi connectivity index (χ1v) is 6.62. The number of benzene rings is 1. The number of carboxylic acids is 1. The van der Waals surface area contributed by atoms with Crippen LogP contribution >= 0.6 is 11.8 Å². The van der Waals surface area contributed by atoms with Gasteiger partial charge in [0.15, 0.2) is 0 Å². The third kappa shape index (κ3) is 2.66. The van der Waals surface area contributed by atoms with Crippen molar-refractivity contribution in [2.45, 2.75) is 12.2 Å². The van der Waals surface area contributed by atoms with Crippen LogP contribution in [0.4, 0.5) is 11.4 Å². The number of nitrogen functional groups attached to an aromatic ring is 1. The van der Waals surface area contributed by atoms with Gasteiger partial charge in [0, 0.05) is 24.1 Å². The van der Waals surface area contributed by atoms with Crippen molar-refractivity contribution in [3.8, 4) is 0 Å². The molecule has 1 saturated heterocycles. The third-order valence-electron chi connectivity index (χ3n) is 2.86. The monoisotopic (exact) mass is 252 g/mol. The normalized spacial score (nSPS) is 20.3. The molecule has 1 fully saturated rings.